The number of carbonyl (C=O) groups excluding carboxylic acids is 2. The fourth-order valence-electron chi connectivity index (χ4n) is 3.40. The monoisotopic (exact) mass is 492 g/mol. The first-order valence-corrected chi connectivity index (χ1v) is 11.1. The number of alkyl halides is 2. The van der Waals surface area contributed by atoms with Gasteiger partial charge in [-0.1, -0.05) is 23.2 Å². The van der Waals surface area contributed by atoms with Crippen molar-refractivity contribution < 1.29 is 23.5 Å². The molecule has 170 valence electrons. The summed E-state index contributed by atoms with van der Waals surface area (Å²) in [4.78, 5) is 27.6. The molecule has 1 N–H and O–H groups in total. The van der Waals surface area contributed by atoms with Crippen molar-refractivity contribution >= 4 is 64.0 Å². The molecule has 2 saturated heterocycles. The Morgan fingerprint density at radius 3 is 2.68 bits per heavy atom. The number of ether oxygens (including phenoxy) is 2. The molecule has 1 atom stereocenters. The molecular weight excluding hydrogens is 470 g/mol. The van der Waals surface area contributed by atoms with Gasteiger partial charge in [-0.25, -0.2) is 9.18 Å². The van der Waals surface area contributed by atoms with E-state index in [0.717, 1.165) is 0 Å². The summed E-state index contributed by atoms with van der Waals surface area (Å²) in [5, 5.41) is 2.95. The van der Waals surface area contributed by atoms with Crippen LogP contribution in [0.15, 0.2) is 18.2 Å². The molecule has 0 spiro atoms. The fraction of sp³-hybridized carbons (Fsp3) is 0.526. The third-order valence-corrected chi connectivity index (χ3v) is 5.74. The van der Waals surface area contributed by atoms with Crippen molar-refractivity contribution in [1.29, 1.82) is 0 Å². The van der Waals surface area contributed by atoms with Crippen LogP contribution in [0.1, 0.15) is 6.92 Å². The molecule has 12 heteroatoms. The molecule has 31 heavy (non-hydrogen) atoms. The number of cyclic esters (lactones) is 1. The number of rotatable bonds is 6. The van der Waals surface area contributed by atoms with Crippen molar-refractivity contribution in [2.75, 3.05) is 55.7 Å². The molecule has 0 bridgehead atoms. The first-order chi connectivity index (χ1) is 14.8. The highest BCUT2D eigenvalue weighted by Crippen LogP contribution is 2.28. The van der Waals surface area contributed by atoms with Crippen molar-refractivity contribution in [2.24, 2.45) is 0 Å². The van der Waals surface area contributed by atoms with Crippen LogP contribution in [-0.2, 0) is 14.3 Å². The van der Waals surface area contributed by atoms with Crippen LogP contribution in [0.3, 0.4) is 0 Å². The van der Waals surface area contributed by atoms with Gasteiger partial charge in [0.2, 0.25) is 0 Å². The van der Waals surface area contributed by atoms with Gasteiger partial charge >= 0.3 is 6.09 Å². The van der Waals surface area contributed by atoms with E-state index in [1.807, 2.05) is 16.7 Å². The highest BCUT2D eigenvalue weighted by Gasteiger charge is 2.33. The van der Waals surface area contributed by atoms with Crippen LogP contribution in [-0.4, -0.2) is 78.9 Å². The van der Waals surface area contributed by atoms with Gasteiger partial charge in [-0.3, -0.25) is 9.69 Å². The molecule has 0 radical (unpaired) electrons. The average molecular weight is 493 g/mol. The third kappa shape index (κ3) is 5.81. The van der Waals surface area contributed by atoms with E-state index >= 15 is 0 Å². The van der Waals surface area contributed by atoms with Crippen molar-refractivity contribution in [3.63, 3.8) is 0 Å². The number of nitrogens with one attached hydrogen (secondary N) is 1. The van der Waals surface area contributed by atoms with E-state index in [2.05, 4.69) is 5.32 Å². The zero-order valence-corrected chi connectivity index (χ0v) is 19.2. The summed E-state index contributed by atoms with van der Waals surface area (Å²) in [6, 6.07) is 4.63. The highest BCUT2D eigenvalue weighted by atomic mass is 35.5. The maximum absolute atomic E-state index is 14.9. The Balaban J connectivity index is 1.59. The molecule has 2 aliphatic rings. The van der Waals surface area contributed by atoms with Crippen LogP contribution >= 0.6 is 35.4 Å². The summed E-state index contributed by atoms with van der Waals surface area (Å²) in [5.74, 6) is -1.01. The predicted octanol–water partition coefficient (Wildman–Crippen LogP) is 2.51. The van der Waals surface area contributed by atoms with Gasteiger partial charge < -0.3 is 24.6 Å². The van der Waals surface area contributed by atoms with Crippen LogP contribution in [0, 0.1) is 5.82 Å². The highest BCUT2D eigenvalue weighted by molar-refractivity contribution is 7.80. The Morgan fingerprint density at radius 1 is 1.35 bits per heavy atom. The van der Waals surface area contributed by atoms with Gasteiger partial charge in [0.1, 0.15) is 11.9 Å². The summed E-state index contributed by atoms with van der Waals surface area (Å²) in [6.45, 7) is 5.09. The predicted molar refractivity (Wildman–Crippen MR) is 121 cm³/mol. The Hall–Kier alpha value is -2.04. The molecule has 2 fully saturated rings. The molecule has 2 amide bonds. The van der Waals surface area contributed by atoms with Crippen molar-refractivity contribution in [3.8, 4) is 0 Å². The zero-order chi connectivity index (χ0) is 22.5. The molecule has 0 saturated carbocycles. The third-order valence-electron chi connectivity index (χ3n) is 4.97. The van der Waals surface area contributed by atoms with E-state index in [4.69, 9.17) is 44.9 Å². The zero-order valence-electron chi connectivity index (χ0n) is 16.9. The molecule has 1 aromatic carbocycles. The number of piperazine rings is 1. The van der Waals surface area contributed by atoms with Gasteiger partial charge in [0.15, 0.2) is 4.84 Å². The van der Waals surface area contributed by atoms with Gasteiger partial charge in [0.25, 0.3) is 11.1 Å². The topological polar surface area (TPSA) is 74.3 Å². The Morgan fingerprint density at radius 2 is 2.06 bits per heavy atom. The van der Waals surface area contributed by atoms with Gasteiger partial charge in [0.05, 0.1) is 31.1 Å². The van der Waals surface area contributed by atoms with E-state index in [1.165, 1.54) is 11.0 Å². The fourth-order valence-corrected chi connectivity index (χ4v) is 3.85. The van der Waals surface area contributed by atoms with Crippen LogP contribution in [0.4, 0.5) is 20.6 Å². The Labute approximate surface area is 195 Å². The van der Waals surface area contributed by atoms with Crippen molar-refractivity contribution in [1.82, 2.24) is 10.2 Å². The Bertz CT molecular complexity index is 839. The number of nitrogens with zero attached hydrogens (tertiary/aromatic N) is 3. The molecule has 1 aromatic rings. The maximum atomic E-state index is 14.9. The molecule has 2 aliphatic heterocycles. The van der Waals surface area contributed by atoms with Gasteiger partial charge in [-0.05, 0) is 37.3 Å². The summed E-state index contributed by atoms with van der Waals surface area (Å²) >= 11 is 16.2. The van der Waals surface area contributed by atoms with Crippen LogP contribution in [0.25, 0.3) is 0 Å². The van der Waals surface area contributed by atoms with Crippen molar-refractivity contribution in [3.05, 3.63) is 24.0 Å². The number of thiocarbonyl (C=S) groups is 1. The van der Waals surface area contributed by atoms with E-state index in [9.17, 15) is 14.0 Å². The summed E-state index contributed by atoms with van der Waals surface area (Å²) in [7, 11) is 0. The normalized spacial score (nSPS) is 18.9. The second kappa shape index (κ2) is 10.5. The quantitative estimate of drug-likeness (QED) is 0.482. The number of benzene rings is 1. The smallest absolute Gasteiger partial charge is 0.414 e. The number of halogens is 3. The van der Waals surface area contributed by atoms with Crippen LogP contribution in [0.2, 0.25) is 0 Å². The second-order valence-electron chi connectivity index (χ2n) is 6.97. The molecule has 8 nitrogen and oxygen atoms in total. The second-order valence-corrected chi connectivity index (χ2v) is 8.42. The number of anilines is 2. The molecular formula is C19H23Cl2FN4O4S. The number of hydrogen-bond donors (Lipinski definition) is 1. The summed E-state index contributed by atoms with van der Waals surface area (Å²) in [5.41, 5.74) is 0.834. The molecule has 3 rings (SSSR count). The lowest BCUT2D eigenvalue weighted by Crippen LogP contribution is -2.49. The van der Waals surface area contributed by atoms with Gasteiger partial charge in [-0.2, -0.15) is 0 Å². The molecule has 0 aromatic heterocycles. The molecule has 0 aliphatic carbocycles. The van der Waals surface area contributed by atoms with Crippen LogP contribution in [0.5, 0.6) is 0 Å². The molecule has 2 heterocycles. The molecule has 0 unspecified atom stereocenters. The SMILES string of the molecule is CCOC(=S)N1CCN(c2ccc(N3C[C@H](CNC(=O)C(Cl)Cl)OC3=O)cc2F)CC1. The van der Waals surface area contributed by atoms with Gasteiger partial charge in [-0.15, -0.1) is 0 Å². The maximum Gasteiger partial charge on any atom is 0.414 e. The first kappa shape index (κ1) is 23.6. The van der Waals surface area contributed by atoms with Crippen molar-refractivity contribution in [2.45, 2.75) is 17.9 Å². The minimum atomic E-state index is -1.20. The van der Waals surface area contributed by atoms with Crippen LogP contribution < -0.4 is 15.1 Å². The number of carbonyl (C=O) groups is 2. The van der Waals surface area contributed by atoms with E-state index in [-0.39, 0.29) is 13.1 Å². The number of amides is 2. The van der Waals surface area contributed by atoms with E-state index in [0.29, 0.717) is 49.3 Å². The Kier molecular flexibility index (Phi) is 8.01. The minimum absolute atomic E-state index is 0.0610. The standard InChI is InChI=1S/C19H23Cl2FN4O4S/c1-2-29-19(31)25-7-5-24(6-8-25)15-4-3-12(9-14(15)22)26-11-13(30-18(26)28)10-23-17(27)16(20)21/h3-4,9,13,16H,2,5-8,10-11H2,1H3,(H,23,27)/t13-/m0/s1. The minimum Gasteiger partial charge on any atom is -0.471 e. The first-order valence-electron chi connectivity index (χ1n) is 9.80. The number of hydrogen-bond acceptors (Lipinski definition) is 6. The summed E-state index contributed by atoms with van der Waals surface area (Å²) in [6.07, 6.45) is -1.20. The lowest BCUT2D eigenvalue weighted by atomic mass is 10.2. The lowest BCUT2D eigenvalue weighted by molar-refractivity contribution is -0.119. The summed E-state index contributed by atoms with van der Waals surface area (Å²) < 4.78 is 25.4. The lowest BCUT2D eigenvalue weighted by Gasteiger charge is -2.37. The average Bonchev–Trinajstić information content (AvgIpc) is 3.12. The van der Waals surface area contributed by atoms with E-state index in [1.54, 1.807) is 12.1 Å². The van der Waals surface area contributed by atoms with Gasteiger partial charge in [0, 0.05) is 26.2 Å². The van der Waals surface area contributed by atoms with E-state index < -0.39 is 28.8 Å². The largest absolute Gasteiger partial charge is 0.471 e.